The zero-order valence-electron chi connectivity index (χ0n) is 12.5. The molecular formula is C16H19N3OS. The maximum Gasteiger partial charge on any atom is 0.194 e. The van der Waals surface area contributed by atoms with Crippen molar-refractivity contribution >= 4 is 16.3 Å². The van der Waals surface area contributed by atoms with Gasteiger partial charge in [-0.15, -0.1) is 11.3 Å². The molecule has 0 atom stereocenters. The van der Waals surface area contributed by atoms with Crippen LogP contribution in [0.1, 0.15) is 23.2 Å². The van der Waals surface area contributed by atoms with Gasteiger partial charge in [0.05, 0.1) is 18.5 Å². The smallest absolute Gasteiger partial charge is 0.194 e. The average molecular weight is 301 g/mol. The van der Waals surface area contributed by atoms with Gasteiger partial charge in [0.2, 0.25) is 0 Å². The molecular weight excluding hydrogens is 282 g/mol. The summed E-state index contributed by atoms with van der Waals surface area (Å²) in [4.78, 5) is 7.13. The topological polar surface area (TPSA) is 52.5 Å². The van der Waals surface area contributed by atoms with Gasteiger partial charge in [-0.25, -0.2) is 4.98 Å². The molecule has 0 amide bonds. The Kier molecular flexibility index (Phi) is 3.69. The van der Waals surface area contributed by atoms with Gasteiger partial charge in [-0.1, -0.05) is 19.1 Å². The van der Waals surface area contributed by atoms with E-state index < -0.39 is 0 Å². The van der Waals surface area contributed by atoms with Crippen molar-refractivity contribution in [3.8, 4) is 17.0 Å². The quantitative estimate of drug-likeness (QED) is 0.803. The van der Waals surface area contributed by atoms with Crippen molar-refractivity contribution in [2.75, 3.05) is 7.11 Å². The number of methoxy groups -OCH3 is 1. The number of rotatable bonds is 4. The van der Waals surface area contributed by atoms with E-state index >= 15 is 0 Å². The number of fused-ring (bicyclic) bond motifs is 1. The number of benzene rings is 1. The fourth-order valence-corrected chi connectivity index (χ4v) is 3.86. The van der Waals surface area contributed by atoms with Gasteiger partial charge < -0.3 is 10.5 Å². The summed E-state index contributed by atoms with van der Waals surface area (Å²) >= 11 is 1.72. The molecule has 0 fully saturated rings. The second-order valence-electron chi connectivity index (χ2n) is 4.89. The standard InChI is InChI=1S/C16H19N3OS/c1-4-12-10(2)21-16-18-15(13(9-17)19(12)16)11-7-5-6-8-14(11)20-3/h5-8H,4,9,17H2,1-3H3. The Balaban J connectivity index is 2.31. The van der Waals surface area contributed by atoms with E-state index in [9.17, 15) is 0 Å². The number of nitrogens with zero attached hydrogens (tertiary/aromatic N) is 2. The number of hydrogen-bond acceptors (Lipinski definition) is 4. The first kappa shape index (κ1) is 14.1. The Labute approximate surface area is 128 Å². The lowest BCUT2D eigenvalue weighted by molar-refractivity contribution is 0.416. The van der Waals surface area contributed by atoms with Gasteiger partial charge >= 0.3 is 0 Å². The molecule has 4 nitrogen and oxygen atoms in total. The van der Waals surface area contributed by atoms with Crippen molar-refractivity contribution < 1.29 is 4.74 Å². The highest BCUT2D eigenvalue weighted by Gasteiger charge is 2.20. The third-order valence-corrected chi connectivity index (χ3v) is 4.75. The SMILES string of the molecule is CCc1c(C)sc2nc(-c3ccccc3OC)c(CN)n12. The molecule has 0 saturated heterocycles. The van der Waals surface area contributed by atoms with Crippen molar-refractivity contribution in [1.29, 1.82) is 0 Å². The van der Waals surface area contributed by atoms with Gasteiger partial charge in [-0.3, -0.25) is 4.40 Å². The van der Waals surface area contributed by atoms with E-state index in [2.05, 4.69) is 18.2 Å². The van der Waals surface area contributed by atoms with Crippen LogP contribution in [-0.4, -0.2) is 16.5 Å². The molecule has 2 N–H and O–H groups in total. The van der Waals surface area contributed by atoms with E-state index in [-0.39, 0.29) is 0 Å². The van der Waals surface area contributed by atoms with Crippen LogP contribution in [0.15, 0.2) is 24.3 Å². The van der Waals surface area contributed by atoms with Crippen LogP contribution in [0.4, 0.5) is 0 Å². The number of aryl methyl sites for hydroxylation is 2. The normalized spacial score (nSPS) is 11.2. The third kappa shape index (κ3) is 2.13. The molecule has 3 aromatic rings. The molecule has 21 heavy (non-hydrogen) atoms. The van der Waals surface area contributed by atoms with Crippen molar-refractivity contribution in [3.05, 3.63) is 40.5 Å². The van der Waals surface area contributed by atoms with Gasteiger partial charge in [-0.2, -0.15) is 0 Å². The highest BCUT2D eigenvalue weighted by Crippen LogP contribution is 2.35. The lowest BCUT2D eigenvalue weighted by atomic mass is 10.1. The largest absolute Gasteiger partial charge is 0.496 e. The highest BCUT2D eigenvalue weighted by atomic mass is 32.1. The van der Waals surface area contributed by atoms with Crippen LogP contribution in [0.25, 0.3) is 16.2 Å². The maximum atomic E-state index is 6.03. The molecule has 0 unspecified atom stereocenters. The summed E-state index contributed by atoms with van der Waals surface area (Å²) in [5.41, 5.74) is 10.3. The van der Waals surface area contributed by atoms with Gasteiger partial charge in [0.1, 0.15) is 5.75 Å². The van der Waals surface area contributed by atoms with Crippen LogP contribution in [0, 0.1) is 6.92 Å². The van der Waals surface area contributed by atoms with Gasteiger partial charge in [0, 0.05) is 22.7 Å². The predicted molar refractivity (Wildman–Crippen MR) is 87.1 cm³/mol. The van der Waals surface area contributed by atoms with E-state index in [1.165, 1.54) is 10.6 Å². The first-order valence-corrected chi connectivity index (χ1v) is 7.85. The van der Waals surface area contributed by atoms with E-state index in [1.54, 1.807) is 18.4 Å². The summed E-state index contributed by atoms with van der Waals surface area (Å²) in [7, 11) is 1.68. The number of nitrogens with two attached hydrogens (primary N) is 1. The summed E-state index contributed by atoms with van der Waals surface area (Å²) in [6.07, 6.45) is 0.973. The number of hydrogen-bond donors (Lipinski definition) is 1. The molecule has 0 spiro atoms. The number of imidazole rings is 1. The van der Waals surface area contributed by atoms with Crippen molar-refractivity contribution in [3.63, 3.8) is 0 Å². The van der Waals surface area contributed by atoms with Crippen LogP contribution >= 0.6 is 11.3 Å². The van der Waals surface area contributed by atoms with E-state index in [0.717, 1.165) is 34.1 Å². The first-order valence-electron chi connectivity index (χ1n) is 7.04. The lowest BCUT2D eigenvalue weighted by Crippen LogP contribution is -2.05. The molecule has 2 aromatic heterocycles. The van der Waals surface area contributed by atoms with Crippen LogP contribution in [0.2, 0.25) is 0 Å². The Bertz CT molecular complexity index is 788. The molecule has 0 radical (unpaired) electrons. The van der Waals surface area contributed by atoms with Crippen LogP contribution in [0.3, 0.4) is 0 Å². The summed E-state index contributed by atoms with van der Waals surface area (Å²) in [6, 6.07) is 7.94. The third-order valence-electron chi connectivity index (χ3n) is 3.75. The van der Waals surface area contributed by atoms with Gasteiger partial charge in [0.25, 0.3) is 0 Å². The summed E-state index contributed by atoms with van der Waals surface area (Å²) in [6.45, 7) is 4.76. The van der Waals surface area contributed by atoms with E-state index in [0.29, 0.717) is 6.54 Å². The highest BCUT2D eigenvalue weighted by molar-refractivity contribution is 7.17. The molecule has 5 heteroatoms. The van der Waals surface area contributed by atoms with Crippen LogP contribution in [-0.2, 0) is 13.0 Å². The molecule has 0 aliphatic carbocycles. The van der Waals surface area contributed by atoms with Crippen molar-refractivity contribution in [2.24, 2.45) is 5.73 Å². The average Bonchev–Trinajstić information content (AvgIpc) is 3.00. The molecule has 2 heterocycles. The molecule has 0 saturated carbocycles. The lowest BCUT2D eigenvalue weighted by Gasteiger charge is -2.08. The number of ether oxygens (including phenoxy) is 1. The molecule has 1 aromatic carbocycles. The Morgan fingerprint density at radius 2 is 2.05 bits per heavy atom. The minimum atomic E-state index is 0.456. The first-order chi connectivity index (χ1) is 10.2. The molecule has 0 aliphatic rings. The molecule has 110 valence electrons. The van der Waals surface area contributed by atoms with Crippen LogP contribution in [0.5, 0.6) is 5.75 Å². The van der Waals surface area contributed by atoms with E-state index in [4.69, 9.17) is 15.5 Å². The zero-order chi connectivity index (χ0) is 15.0. The molecule has 0 aliphatic heterocycles. The Hall–Kier alpha value is -1.85. The summed E-state index contributed by atoms with van der Waals surface area (Å²) in [5.74, 6) is 0.827. The number of aromatic nitrogens is 2. The Morgan fingerprint density at radius 1 is 1.29 bits per heavy atom. The molecule has 3 rings (SSSR count). The fourth-order valence-electron chi connectivity index (χ4n) is 2.78. The zero-order valence-corrected chi connectivity index (χ0v) is 13.3. The summed E-state index contributed by atoms with van der Waals surface area (Å²) < 4.78 is 7.68. The number of thiazole rings is 1. The van der Waals surface area contributed by atoms with Crippen molar-refractivity contribution in [2.45, 2.75) is 26.8 Å². The Morgan fingerprint density at radius 3 is 2.71 bits per heavy atom. The summed E-state index contributed by atoms with van der Waals surface area (Å²) in [5, 5.41) is 0. The van der Waals surface area contributed by atoms with Gasteiger partial charge in [0.15, 0.2) is 4.96 Å². The predicted octanol–water partition coefficient (Wildman–Crippen LogP) is 3.40. The maximum absolute atomic E-state index is 6.03. The molecule has 0 bridgehead atoms. The van der Waals surface area contributed by atoms with E-state index in [1.807, 2.05) is 24.3 Å². The van der Waals surface area contributed by atoms with Crippen LogP contribution < -0.4 is 10.5 Å². The minimum absolute atomic E-state index is 0.456. The monoisotopic (exact) mass is 301 g/mol. The van der Waals surface area contributed by atoms with Crippen molar-refractivity contribution in [1.82, 2.24) is 9.38 Å². The van der Waals surface area contributed by atoms with Gasteiger partial charge in [-0.05, 0) is 25.5 Å². The minimum Gasteiger partial charge on any atom is -0.496 e. The second-order valence-corrected chi connectivity index (χ2v) is 6.07. The fraction of sp³-hybridized carbons (Fsp3) is 0.312. The number of para-hydroxylation sites is 1. The second kappa shape index (κ2) is 5.50.